The van der Waals surface area contributed by atoms with Crippen molar-refractivity contribution in [2.45, 2.75) is 313 Å². The van der Waals surface area contributed by atoms with Crippen molar-refractivity contribution in [3.8, 4) is 0 Å². The maximum absolute atomic E-state index is 11.7. The van der Waals surface area contributed by atoms with Crippen molar-refractivity contribution in [3.05, 3.63) is 296 Å². The molecule has 2 amide bonds. The van der Waals surface area contributed by atoms with Crippen LogP contribution in [0.25, 0.3) is 32.7 Å². The number of nitrogens with two attached hydrogens (primary N) is 3. The number of hydrogen-bond donors (Lipinski definition) is 10. The van der Waals surface area contributed by atoms with Crippen molar-refractivity contribution in [2.75, 3.05) is 38.5 Å². The Morgan fingerprint density at radius 3 is 0.986 bits per heavy atom. The van der Waals surface area contributed by atoms with Crippen LogP contribution in [0.1, 0.15) is 294 Å². The molecule has 0 fully saturated rings. The van der Waals surface area contributed by atoms with Gasteiger partial charge in [0, 0.05) is 148 Å². The number of halogens is 2. The van der Waals surface area contributed by atoms with Crippen molar-refractivity contribution >= 4 is 129 Å². The van der Waals surface area contributed by atoms with Crippen LogP contribution in [0.15, 0.2) is 218 Å². The monoisotopic (exact) mass is 1960 g/mol. The number of unbranched alkanes of at least 4 members (excludes halogenated alkanes) is 1. The molecule has 140 heavy (non-hydrogen) atoms. The molecular weight excluding hydrogens is 1780 g/mol. The molecule has 3 aromatic heterocycles. The van der Waals surface area contributed by atoms with E-state index in [1.165, 1.54) is 63.4 Å². The fourth-order valence-electron chi connectivity index (χ4n) is 11.7. The van der Waals surface area contributed by atoms with E-state index in [0.717, 1.165) is 91.3 Å². The molecule has 0 spiro atoms. The molecule has 0 saturated heterocycles. The van der Waals surface area contributed by atoms with Gasteiger partial charge in [-0.3, -0.25) is 39.4 Å². The first-order valence-electron chi connectivity index (χ1n) is 45.8. The smallest absolute Gasteiger partial charge is 0.399 e. The summed E-state index contributed by atoms with van der Waals surface area (Å²) < 4.78 is 0. The van der Waals surface area contributed by atoms with E-state index in [1.807, 2.05) is 191 Å². The van der Waals surface area contributed by atoms with Crippen LogP contribution in [0.5, 0.6) is 0 Å². The fraction of sp³-hybridized carbons (Fsp3) is 0.444. The van der Waals surface area contributed by atoms with Crippen molar-refractivity contribution in [1.29, 1.82) is 0 Å². The molecule has 768 valence electrons. The zero-order valence-corrected chi connectivity index (χ0v) is 88.6. The van der Waals surface area contributed by atoms with E-state index in [9.17, 15) is 39.4 Å². The van der Waals surface area contributed by atoms with Gasteiger partial charge in [0.1, 0.15) is 0 Å². The number of aryl methyl sites for hydroxylation is 4. The van der Waals surface area contributed by atoms with Crippen LogP contribution in [-0.2, 0) is 48.3 Å². The Bertz CT molecular complexity index is 5530. The molecule has 14 rings (SSSR count). The minimum Gasteiger partial charge on any atom is -0.399 e. The number of nitrogens with one attached hydrogen (secondary N) is 7. The number of fused-ring (bicyclic) bond motifs is 5. The molecule has 2 atom stereocenters. The molecule has 2 aliphatic rings. The van der Waals surface area contributed by atoms with Gasteiger partial charge in [-0.15, -0.1) is 0 Å². The molecule has 2 aliphatic heterocycles. The van der Waals surface area contributed by atoms with E-state index < -0.39 is 0 Å². The van der Waals surface area contributed by atoms with Crippen LogP contribution in [0.2, 0.25) is 0 Å². The molecule has 0 aliphatic carbocycles. The van der Waals surface area contributed by atoms with E-state index in [2.05, 4.69) is 221 Å². The molecule has 9 aromatic carbocycles. The van der Waals surface area contributed by atoms with E-state index >= 15 is 0 Å². The number of H-pyrrole nitrogens is 3. The van der Waals surface area contributed by atoms with Crippen LogP contribution in [0.4, 0.5) is 51.2 Å². The number of para-hydroxylation sites is 6. The number of carbonyl (C=O) groups is 4. The number of hydrogen-bond acceptors (Lipinski definition) is 13. The van der Waals surface area contributed by atoms with E-state index in [1.54, 1.807) is 65.8 Å². The van der Waals surface area contributed by atoms with Gasteiger partial charge in [-0.25, -0.2) is 0 Å². The predicted octanol–water partition coefficient (Wildman–Crippen LogP) is 30.4. The van der Waals surface area contributed by atoms with Gasteiger partial charge in [0.25, 0.3) is 11.4 Å². The Morgan fingerprint density at radius 2 is 0.671 bits per heavy atom. The summed E-state index contributed by atoms with van der Waals surface area (Å²) in [7, 11) is 0. The normalized spacial score (nSPS) is 12.5. The van der Waals surface area contributed by atoms with Crippen LogP contribution in [0.3, 0.4) is 0 Å². The number of benzene rings is 9. The molecule has 20 nitrogen and oxygen atoms in total. The molecule has 13 N–H and O–H groups in total. The van der Waals surface area contributed by atoms with Gasteiger partial charge in [-0.2, -0.15) is 6.42 Å². The zero-order valence-electron chi connectivity index (χ0n) is 87.1. The van der Waals surface area contributed by atoms with Gasteiger partial charge in [-0.05, 0) is 192 Å². The maximum Gasteiger partial charge on any atom is 1.00 e. The largest absolute Gasteiger partial charge is 1.00 e. The molecule has 12 aromatic rings. The Labute approximate surface area is 866 Å². The number of nitrogens with zero attached hydrogens (tertiary/aromatic N) is 2. The van der Waals surface area contributed by atoms with Crippen molar-refractivity contribution < 1.29 is 47.9 Å². The van der Waals surface area contributed by atoms with Gasteiger partial charge >= 0.3 is 18.9 Å². The minimum atomic E-state index is -0.378. The number of rotatable bonds is 5. The van der Waals surface area contributed by atoms with E-state index in [0.29, 0.717) is 17.5 Å². The van der Waals surface area contributed by atoms with Crippen LogP contribution in [-0.4, -0.2) is 59.2 Å². The van der Waals surface area contributed by atoms with Gasteiger partial charge < -0.3 is 60.3 Å². The molecular formula is C117H177Cl2LiN12O8. The first-order valence-corrected chi connectivity index (χ1v) is 46.5. The number of aromatic amines is 3. The molecule has 0 saturated carbocycles. The second-order valence-electron chi connectivity index (χ2n) is 43.2. The molecule has 0 bridgehead atoms. The summed E-state index contributed by atoms with van der Waals surface area (Å²) in [6.45, 7) is 68.7. The summed E-state index contributed by atoms with van der Waals surface area (Å²) in [5.41, 5.74) is 37.0. The van der Waals surface area contributed by atoms with Crippen LogP contribution >= 0.6 is 23.2 Å². The predicted molar refractivity (Wildman–Crippen MR) is 607 cm³/mol. The first-order chi connectivity index (χ1) is 61.6. The third kappa shape index (κ3) is 47.9. The second kappa shape index (κ2) is 59.6. The third-order valence-electron chi connectivity index (χ3n) is 21.4. The standard InChI is InChI=1S/C12H16N2O2.C12H14N2O2.C12H16N2.2C12H17NO.C12H17N.C12H15N.2C7H9N.2C5H9ClO.C4H9.5CH4.Li/c2*1-12(2,3)11-6-8-4-5-9(14(15)16)7-10(8)13-11;1-12(2,3)11-6-8-4-5-9(13)7-10(8)14-11;2*1-9-7-5-6-8-10(9)13-11(14)12(2,3)4;2*1-12(2,3)11-8-9-6-4-5-7-10(9)13-11;2*1-6-4-2-3-5-7(6)8;2*1-5(2,3)4(6)7;1-3-4-2;;;;;;/h4-5,7,11,13H,6H2,1-3H3;4-7,13H,1-3H3;4-7,14H,13H2,1-3H3;2*5-8H,1-4H3,(H,13,14);4-7,11,13H,8H2,1-3H3;4-8,13H,1-3H3;2*2-5H,8H2,1H3;2*1-3H3;1,3-4H2,2H3;5*1H4;/q;;;;;;;;;;;-1;;;;;;+1. The Morgan fingerprint density at radius 1 is 0.379 bits per heavy atom. The third-order valence-corrected chi connectivity index (χ3v) is 22.5. The quantitative estimate of drug-likeness (QED) is 0.0192. The van der Waals surface area contributed by atoms with Crippen LogP contribution in [0, 0.1) is 87.3 Å². The number of nitrogen functional groups attached to an aromatic ring is 3. The number of carbonyl (C=O) groups excluding carboxylic acids is 4. The average Bonchev–Trinajstić information content (AvgIpc) is 1.64. The SMILES string of the molecule is C.C.C.C.C.CC(C)(C)C(=O)Cl.CC(C)(C)C(=O)Cl.CC(C)(C)C1Cc2ccc([N+](=O)[O-])cc2N1.CC(C)(C)C1Cc2ccccc2N1.CC(C)(C)c1cc2ccc(N)cc2[nH]1.CC(C)(C)c1cc2ccc([N+](=O)[O-])cc2[nH]1.CC(C)(C)c1cc2ccccc2[nH]1.Cc1ccccc1N.Cc1ccccc1N.Cc1ccccc1NC(=O)C(C)(C)C.Cc1ccccc1NC(=O)C(C)(C)C.[CH2-]CCC.[Li+]. The van der Waals surface area contributed by atoms with Gasteiger partial charge in [0.2, 0.25) is 22.3 Å². The average molecular weight is 1960 g/mol. The summed E-state index contributed by atoms with van der Waals surface area (Å²) in [6, 6.07) is 71.5. The van der Waals surface area contributed by atoms with Gasteiger partial charge in [-0.1, -0.05) is 359 Å². The first kappa shape index (κ1) is 135. The topological polar surface area (TPSA) is 328 Å². The Kier molecular flexibility index (Phi) is 57.5. The molecule has 0 radical (unpaired) electrons. The zero-order chi connectivity index (χ0) is 102. The molecule has 2 unspecified atom stereocenters. The number of nitro benzene ring substituents is 2. The number of amides is 2. The summed E-state index contributed by atoms with van der Waals surface area (Å²) in [5.74, 6) is 0.0959. The van der Waals surface area contributed by atoms with Crippen molar-refractivity contribution in [2.24, 2.45) is 32.5 Å². The minimum absolute atomic E-state index is 0. The van der Waals surface area contributed by atoms with E-state index in [-0.39, 0.29) is 143 Å². The van der Waals surface area contributed by atoms with Gasteiger partial charge in [0.05, 0.1) is 15.4 Å². The number of anilines is 7. The molecule has 23 heteroatoms. The summed E-state index contributed by atoms with van der Waals surface area (Å²) >= 11 is 10.2. The van der Waals surface area contributed by atoms with Crippen molar-refractivity contribution in [3.63, 3.8) is 0 Å². The van der Waals surface area contributed by atoms with Crippen LogP contribution < -0.4 is 57.3 Å². The fourth-order valence-corrected chi connectivity index (χ4v) is 11.7. The number of non-ortho nitro benzene ring substituents is 2. The Balaban J connectivity index is -0.000000727. The summed E-state index contributed by atoms with van der Waals surface area (Å²) in [4.78, 5) is 74.4. The number of aromatic nitrogens is 3. The summed E-state index contributed by atoms with van der Waals surface area (Å²) in [6.07, 6.45) is 4.39. The molecule has 5 heterocycles. The van der Waals surface area contributed by atoms with E-state index in [4.69, 9.17) is 40.4 Å². The second-order valence-corrected chi connectivity index (χ2v) is 43.9. The number of nitro groups is 2. The van der Waals surface area contributed by atoms with Crippen molar-refractivity contribution in [1.82, 2.24) is 15.0 Å². The maximum atomic E-state index is 11.7. The van der Waals surface area contributed by atoms with Gasteiger partial charge in [0.15, 0.2) is 0 Å². The summed E-state index contributed by atoms with van der Waals surface area (Å²) in [5, 5.41) is 37.0. The Hall–Kier alpha value is -11.1.